The predicted octanol–water partition coefficient (Wildman–Crippen LogP) is 10.9. The van der Waals surface area contributed by atoms with Crippen molar-refractivity contribution in [3.05, 3.63) is 156 Å². The van der Waals surface area contributed by atoms with Crippen LogP contribution < -0.4 is 0 Å². The van der Waals surface area contributed by atoms with E-state index in [4.69, 9.17) is 9.97 Å². The van der Waals surface area contributed by atoms with Crippen molar-refractivity contribution in [3.63, 3.8) is 0 Å². The van der Waals surface area contributed by atoms with E-state index in [1.165, 1.54) is 49.3 Å². The Balaban J connectivity index is 1.39. The van der Waals surface area contributed by atoms with Crippen LogP contribution in [0.4, 0.5) is 0 Å². The van der Waals surface area contributed by atoms with Gasteiger partial charge in [0.2, 0.25) is 5.95 Å². The summed E-state index contributed by atoms with van der Waals surface area (Å²) < 4.78 is 4.63. The smallest absolute Gasteiger partial charge is 0.235 e. The van der Waals surface area contributed by atoms with Crippen molar-refractivity contribution < 1.29 is 0 Å². The van der Waals surface area contributed by atoms with Gasteiger partial charge in [-0.05, 0) is 80.4 Å². The SMILES string of the molecule is Cc1ccc2c(c1)c1ccccc1n2-c1cc(C)c(C)cc1-c1cc(-c2ccccc2)nc(-n2c3ccccc3c3ccccc32)n1. The number of aryl methyl sites for hydroxylation is 3. The molecule has 0 spiro atoms. The number of fused-ring (bicyclic) bond motifs is 6. The number of benzene rings is 6. The topological polar surface area (TPSA) is 35.6 Å². The standard InChI is InChI=1S/C43H32N4/c1-27-21-22-41-34(23-27)33-17-9-10-18-38(33)46(41)42-25-29(3)28(2)24-35(42)37-26-36(30-13-5-4-6-14-30)44-43(45-37)47-39-19-11-7-15-31(39)32-16-8-12-20-40(32)47/h4-26H,1-3H3. The zero-order valence-electron chi connectivity index (χ0n) is 26.6. The Morgan fingerprint density at radius 2 is 0.957 bits per heavy atom. The third-order valence-corrected chi connectivity index (χ3v) is 9.52. The maximum atomic E-state index is 5.43. The van der Waals surface area contributed by atoms with Gasteiger partial charge >= 0.3 is 0 Å². The first-order valence-corrected chi connectivity index (χ1v) is 16.1. The molecule has 0 aliphatic carbocycles. The summed E-state index contributed by atoms with van der Waals surface area (Å²) in [6.45, 7) is 6.54. The van der Waals surface area contributed by atoms with E-state index in [-0.39, 0.29) is 0 Å². The molecule has 0 atom stereocenters. The lowest BCUT2D eigenvalue weighted by Gasteiger charge is -2.18. The Morgan fingerprint density at radius 3 is 1.64 bits per heavy atom. The quantitative estimate of drug-likeness (QED) is 0.200. The van der Waals surface area contributed by atoms with Crippen molar-refractivity contribution in [2.24, 2.45) is 0 Å². The first-order valence-electron chi connectivity index (χ1n) is 16.1. The van der Waals surface area contributed by atoms with Gasteiger partial charge in [0.15, 0.2) is 0 Å². The van der Waals surface area contributed by atoms with Crippen LogP contribution in [0.2, 0.25) is 0 Å². The average Bonchev–Trinajstić information content (AvgIpc) is 3.62. The highest BCUT2D eigenvalue weighted by Crippen LogP contribution is 2.39. The van der Waals surface area contributed by atoms with E-state index in [9.17, 15) is 0 Å². The summed E-state index contributed by atoms with van der Waals surface area (Å²) >= 11 is 0. The molecule has 0 amide bonds. The Kier molecular flexibility index (Phi) is 6.12. The molecule has 0 unspecified atom stereocenters. The minimum Gasteiger partial charge on any atom is -0.309 e. The monoisotopic (exact) mass is 604 g/mol. The van der Waals surface area contributed by atoms with Crippen LogP contribution in [0.5, 0.6) is 0 Å². The molecule has 4 nitrogen and oxygen atoms in total. The normalized spacial score (nSPS) is 11.7. The predicted molar refractivity (Wildman–Crippen MR) is 196 cm³/mol. The Morgan fingerprint density at radius 1 is 0.426 bits per heavy atom. The maximum Gasteiger partial charge on any atom is 0.235 e. The summed E-state index contributed by atoms with van der Waals surface area (Å²) in [6, 6.07) is 49.7. The highest BCUT2D eigenvalue weighted by atomic mass is 15.2. The van der Waals surface area contributed by atoms with E-state index < -0.39 is 0 Å². The van der Waals surface area contributed by atoms with Crippen molar-refractivity contribution >= 4 is 43.6 Å². The second kappa shape index (κ2) is 10.5. The summed E-state index contributed by atoms with van der Waals surface area (Å²) in [5.74, 6) is 0.653. The van der Waals surface area contributed by atoms with Crippen LogP contribution in [-0.4, -0.2) is 19.1 Å². The fourth-order valence-electron chi connectivity index (χ4n) is 7.10. The molecule has 0 radical (unpaired) electrons. The van der Waals surface area contributed by atoms with Crippen LogP contribution in [0.15, 0.2) is 140 Å². The van der Waals surface area contributed by atoms with Gasteiger partial charge in [0.25, 0.3) is 0 Å². The van der Waals surface area contributed by atoms with Crippen LogP contribution in [0.25, 0.3) is 77.8 Å². The van der Waals surface area contributed by atoms with Crippen molar-refractivity contribution in [2.45, 2.75) is 20.8 Å². The van der Waals surface area contributed by atoms with Crippen LogP contribution in [-0.2, 0) is 0 Å². The summed E-state index contributed by atoms with van der Waals surface area (Å²) in [4.78, 5) is 10.7. The highest BCUT2D eigenvalue weighted by Gasteiger charge is 2.21. The van der Waals surface area contributed by atoms with Crippen molar-refractivity contribution in [2.75, 3.05) is 0 Å². The molecule has 224 valence electrons. The van der Waals surface area contributed by atoms with Gasteiger partial charge in [-0.25, -0.2) is 9.97 Å². The molecule has 6 aromatic carbocycles. The van der Waals surface area contributed by atoms with Crippen LogP contribution in [0.3, 0.4) is 0 Å². The lowest BCUT2D eigenvalue weighted by atomic mass is 10.00. The zero-order chi connectivity index (χ0) is 31.6. The number of rotatable bonds is 4. The van der Waals surface area contributed by atoms with Gasteiger partial charge in [-0.2, -0.15) is 0 Å². The summed E-state index contributed by atoms with van der Waals surface area (Å²) in [5.41, 5.74) is 13.2. The summed E-state index contributed by atoms with van der Waals surface area (Å²) in [6.07, 6.45) is 0. The highest BCUT2D eigenvalue weighted by molar-refractivity contribution is 6.10. The molecule has 0 saturated carbocycles. The second-order valence-corrected chi connectivity index (χ2v) is 12.5. The van der Waals surface area contributed by atoms with Crippen molar-refractivity contribution in [1.29, 1.82) is 0 Å². The molecule has 3 heterocycles. The Labute approximate surface area is 273 Å². The van der Waals surface area contributed by atoms with Crippen molar-refractivity contribution in [3.8, 4) is 34.2 Å². The van der Waals surface area contributed by atoms with Crippen LogP contribution in [0, 0.1) is 20.8 Å². The van der Waals surface area contributed by atoms with Gasteiger partial charge in [-0.15, -0.1) is 0 Å². The maximum absolute atomic E-state index is 5.43. The Bertz CT molecular complexity index is 2610. The molecule has 3 aromatic heterocycles. The van der Waals surface area contributed by atoms with Gasteiger partial charge < -0.3 is 4.57 Å². The lowest BCUT2D eigenvalue weighted by molar-refractivity contribution is 0.993. The summed E-state index contributed by atoms with van der Waals surface area (Å²) in [5, 5.41) is 4.87. The van der Waals surface area contributed by atoms with E-state index in [1.807, 2.05) is 6.07 Å². The number of nitrogens with zero attached hydrogens (tertiary/aromatic N) is 4. The van der Waals surface area contributed by atoms with E-state index >= 15 is 0 Å². The zero-order valence-corrected chi connectivity index (χ0v) is 26.6. The van der Waals surface area contributed by atoms with E-state index in [0.29, 0.717) is 5.95 Å². The lowest BCUT2D eigenvalue weighted by Crippen LogP contribution is -2.06. The molecule has 0 aliphatic rings. The van der Waals surface area contributed by atoms with Gasteiger partial charge in [0.1, 0.15) is 0 Å². The third kappa shape index (κ3) is 4.29. The largest absolute Gasteiger partial charge is 0.309 e. The molecular formula is C43H32N4. The molecule has 4 heteroatoms. The molecule has 0 bridgehead atoms. The first kappa shape index (κ1) is 27.3. The summed E-state index contributed by atoms with van der Waals surface area (Å²) in [7, 11) is 0. The second-order valence-electron chi connectivity index (χ2n) is 12.5. The number of hydrogen-bond donors (Lipinski definition) is 0. The number of aromatic nitrogens is 4. The minimum absolute atomic E-state index is 0.653. The van der Waals surface area contributed by atoms with Gasteiger partial charge in [0.05, 0.1) is 39.1 Å². The molecular weight excluding hydrogens is 573 g/mol. The van der Waals surface area contributed by atoms with Gasteiger partial charge in [0, 0.05) is 32.7 Å². The molecule has 47 heavy (non-hydrogen) atoms. The Hall–Kier alpha value is -6.00. The van der Waals surface area contributed by atoms with E-state index in [1.54, 1.807) is 0 Å². The van der Waals surface area contributed by atoms with Crippen LogP contribution in [0.1, 0.15) is 16.7 Å². The molecule has 0 fully saturated rings. The minimum atomic E-state index is 0.653. The number of hydrogen-bond acceptors (Lipinski definition) is 2. The fraction of sp³-hybridized carbons (Fsp3) is 0.0698. The fourth-order valence-corrected chi connectivity index (χ4v) is 7.10. The molecule has 9 rings (SSSR count). The van der Waals surface area contributed by atoms with Crippen LogP contribution >= 0.6 is 0 Å². The third-order valence-electron chi connectivity index (χ3n) is 9.52. The molecule has 9 aromatic rings. The van der Waals surface area contributed by atoms with Crippen molar-refractivity contribution in [1.82, 2.24) is 19.1 Å². The molecule has 0 N–H and O–H groups in total. The molecule has 0 saturated heterocycles. The van der Waals surface area contributed by atoms with E-state index in [2.05, 4.69) is 163 Å². The molecule has 0 aliphatic heterocycles. The van der Waals surface area contributed by atoms with E-state index in [0.717, 1.165) is 39.2 Å². The first-order chi connectivity index (χ1) is 23.0. The van der Waals surface area contributed by atoms with Gasteiger partial charge in [-0.3, -0.25) is 4.57 Å². The number of para-hydroxylation sites is 3. The average molecular weight is 605 g/mol. The van der Waals surface area contributed by atoms with Gasteiger partial charge in [-0.1, -0.05) is 96.6 Å².